The molecule has 0 saturated heterocycles. The summed E-state index contributed by atoms with van der Waals surface area (Å²) in [5, 5.41) is 2.06. The van der Waals surface area contributed by atoms with Crippen LogP contribution >= 0.6 is 0 Å². The number of hydrogen-bond acceptors (Lipinski definition) is 4. The fourth-order valence-electron chi connectivity index (χ4n) is 6.69. The number of fused-ring (bicyclic) bond motifs is 6. The second-order valence-electron chi connectivity index (χ2n) is 12.5. The van der Waals surface area contributed by atoms with E-state index in [0.29, 0.717) is 17.5 Å². The molecule has 2 aromatic heterocycles. The number of rotatable bonds is 3. The predicted molar refractivity (Wildman–Crippen MR) is 175 cm³/mol. The lowest BCUT2D eigenvalue weighted by atomic mass is 9.55. The summed E-state index contributed by atoms with van der Waals surface area (Å²) in [5.41, 5.74) is 9.64. The van der Waals surface area contributed by atoms with E-state index >= 15 is 0 Å². The van der Waals surface area contributed by atoms with Crippen LogP contribution in [-0.2, 0) is 10.8 Å². The third-order valence-electron chi connectivity index (χ3n) is 9.72. The smallest absolute Gasteiger partial charge is 0.164 e. The summed E-state index contributed by atoms with van der Waals surface area (Å²) in [7, 11) is 0. The quantitative estimate of drug-likeness (QED) is 0.217. The van der Waals surface area contributed by atoms with Crippen LogP contribution < -0.4 is 0 Å². The lowest BCUT2D eigenvalue weighted by molar-refractivity contribution is 0.299. The molecule has 0 fully saturated rings. The summed E-state index contributed by atoms with van der Waals surface area (Å²) >= 11 is 0. The van der Waals surface area contributed by atoms with E-state index in [4.69, 9.17) is 19.4 Å². The van der Waals surface area contributed by atoms with Crippen molar-refractivity contribution in [3.05, 3.63) is 126 Å². The van der Waals surface area contributed by atoms with E-state index in [1.807, 2.05) is 60.7 Å². The Morgan fingerprint density at radius 2 is 1.07 bits per heavy atom. The van der Waals surface area contributed by atoms with Crippen LogP contribution in [0.25, 0.3) is 67.2 Å². The molecule has 43 heavy (non-hydrogen) atoms. The van der Waals surface area contributed by atoms with Crippen LogP contribution in [0.5, 0.6) is 0 Å². The van der Waals surface area contributed by atoms with Crippen molar-refractivity contribution in [3.8, 4) is 45.3 Å². The largest absolute Gasteiger partial charge is 0.456 e. The van der Waals surface area contributed by atoms with Gasteiger partial charge in [0.15, 0.2) is 17.5 Å². The molecule has 5 aromatic carbocycles. The van der Waals surface area contributed by atoms with Crippen molar-refractivity contribution in [1.82, 2.24) is 15.0 Å². The molecule has 0 spiro atoms. The van der Waals surface area contributed by atoms with Crippen molar-refractivity contribution in [1.29, 1.82) is 0 Å². The van der Waals surface area contributed by atoms with Crippen LogP contribution in [0.15, 0.2) is 120 Å². The zero-order valence-corrected chi connectivity index (χ0v) is 24.7. The maximum Gasteiger partial charge on any atom is 0.164 e. The van der Waals surface area contributed by atoms with Crippen molar-refractivity contribution < 1.29 is 4.42 Å². The normalized spacial score (nSPS) is 14.9. The van der Waals surface area contributed by atoms with Gasteiger partial charge in [-0.05, 0) is 51.3 Å². The van der Waals surface area contributed by atoms with E-state index in [0.717, 1.165) is 38.6 Å². The van der Waals surface area contributed by atoms with Gasteiger partial charge in [0.05, 0.1) is 0 Å². The summed E-state index contributed by atoms with van der Waals surface area (Å²) in [6.07, 6.45) is 0. The van der Waals surface area contributed by atoms with Crippen molar-refractivity contribution in [3.63, 3.8) is 0 Å². The summed E-state index contributed by atoms with van der Waals surface area (Å²) in [4.78, 5) is 15.2. The van der Waals surface area contributed by atoms with E-state index in [1.54, 1.807) is 0 Å². The monoisotopic (exact) mass is 557 g/mol. The first-order valence-electron chi connectivity index (χ1n) is 14.8. The van der Waals surface area contributed by atoms with Gasteiger partial charge < -0.3 is 4.42 Å². The molecule has 8 rings (SSSR count). The van der Waals surface area contributed by atoms with Crippen molar-refractivity contribution in [2.24, 2.45) is 0 Å². The SMILES string of the molecule is CC1(C)c2ccccc2-c2cc(-c3nc(-c4ccccc4)nc(-c4cccc5oc6ccccc6c45)n3)ccc2C1(C)C. The molecule has 0 amide bonds. The molecule has 4 nitrogen and oxygen atoms in total. The molecular weight excluding hydrogens is 526 g/mol. The highest BCUT2D eigenvalue weighted by molar-refractivity contribution is 6.11. The second-order valence-corrected chi connectivity index (χ2v) is 12.5. The highest BCUT2D eigenvalue weighted by atomic mass is 16.3. The Labute approximate surface area is 251 Å². The average molecular weight is 558 g/mol. The molecule has 208 valence electrons. The molecule has 2 heterocycles. The van der Waals surface area contributed by atoms with Crippen LogP contribution in [-0.4, -0.2) is 15.0 Å². The average Bonchev–Trinajstić information content (AvgIpc) is 3.43. The van der Waals surface area contributed by atoms with Gasteiger partial charge in [0.1, 0.15) is 11.2 Å². The predicted octanol–water partition coefficient (Wildman–Crippen LogP) is 10.0. The summed E-state index contributed by atoms with van der Waals surface area (Å²) < 4.78 is 6.20. The third kappa shape index (κ3) is 3.79. The number of nitrogens with zero attached hydrogens (tertiary/aromatic N) is 3. The van der Waals surface area contributed by atoms with Crippen LogP contribution in [0, 0.1) is 0 Å². The van der Waals surface area contributed by atoms with Crippen molar-refractivity contribution in [2.75, 3.05) is 0 Å². The topological polar surface area (TPSA) is 51.8 Å². The van der Waals surface area contributed by atoms with Gasteiger partial charge in [-0.25, -0.2) is 15.0 Å². The van der Waals surface area contributed by atoms with E-state index in [1.165, 1.54) is 22.3 Å². The Bertz CT molecular complexity index is 2190. The first kappa shape index (κ1) is 25.6. The lowest BCUT2D eigenvalue weighted by Crippen LogP contribution is -2.43. The van der Waals surface area contributed by atoms with Gasteiger partial charge in [-0.15, -0.1) is 0 Å². The molecular formula is C39H31N3O. The van der Waals surface area contributed by atoms with Gasteiger partial charge in [0.25, 0.3) is 0 Å². The Morgan fingerprint density at radius 3 is 1.88 bits per heavy atom. The molecule has 1 aliphatic carbocycles. The van der Waals surface area contributed by atoms with Gasteiger partial charge in [0.2, 0.25) is 0 Å². The first-order chi connectivity index (χ1) is 20.8. The summed E-state index contributed by atoms with van der Waals surface area (Å²) in [6, 6.07) is 39.9. The molecule has 4 heteroatoms. The van der Waals surface area contributed by atoms with E-state index < -0.39 is 0 Å². The number of furan rings is 1. The Kier molecular flexibility index (Phi) is 5.48. The molecule has 0 aliphatic heterocycles. The minimum atomic E-state index is -0.0628. The van der Waals surface area contributed by atoms with E-state index in [-0.39, 0.29) is 10.8 Å². The Morgan fingerprint density at radius 1 is 0.465 bits per heavy atom. The molecule has 1 aliphatic rings. The highest BCUT2D eigenvalue weighted by Crippen LogP contribution is 2.54. The van der Waals surface area contributed by atoms with E-state index in [2.05, 4.69) is 82.3 Å². The van der Waals surface area contributed by atoms with Crippen LogP contribution in [0.3, 0.4) is 0 Å². The minimum absolute atomic E-state index is 0.0228. The lowest BCUT2D eigenvalue weighted by Gasteiger charge is -2.48. The minimum Gasteiger partial charge on any atom is -0.456 e. The fourth-order valence-corrected chi connectivity index (χ4v) is 6.69. The molecule has 0 radical (unpaired) electrons. The van der Waals surface area contributed by atoms with Gasteiger partial charge in [-0.2, -0.15) is 0 Å². The van der Waals surface area contributed by atoms with Crippen LogP contribution in [0.2, 0.25) is 0 Å². The molecule has 0 bridgehead atoms. The molecule has 7 aromatic rings. The van der Waals surface area contributed by atoms with Gasteiger partial charge in [-0.3, -0.25) is 0 Å². The fraction of sp³-hybridized carbons (Fsp3) is 0.154. The zero-order chi connectivity index (χ0) is 29.3. The second kappa shape index (κ2) is 9.20. The van der Waals surface area contributed by atoms with Crippen LogP contribution in [0.4, 0.5) is 0 Å². The third-order valence-corrected chi connectivity index (χ3v) is 9.72. The van der Waals surface area contributed by atoms with Crippen molar-refractivity contribution >= 4 is 21.9 Å². The van der Waals surface area contributed by atoms with Gasteiger partial charge in [0, 0.05) is 27.5 Å². The van der Waals surface area contributed by atoms with Crippen molar-refractivity contribution in [2.45, 2.75) is 38.5 Å². The molecule has 0 unspecified atom stereocenters. The van der Waals surface area contributed by atoms with Gasteiger partial charge in [-0.1, -0.05) is 125 Å². The maximum atomic E-state index is 6.20. The van der Waals surface area contributed by atoms with Gasteiger partial charge >= 0.3 is 0 Å². The Hall–Kier alpha value is -5.09. The standard InChI is InChI=1S/C39H31N3O/c1-38(2)30-18-10-8-15-26(30)29-23-25(21-22-31(29)39(38,3)4)36-40-35(24-13-6-5-7-14-24)41-37(42-36)28-17-12-20-33-34(28)27-16-9-11-19-32(27)43-33/h5-23H,1-4H3. The maximum absolute atomic E-state index is 6.20. The molecule has 0 saturated carbocycles. The number of para-hydroxylation sites is 1. The Balaban J connectivity index is 1.38. The van der Waals surface area contributed by atoms with E-state index in [9.17, 15) is 0 Å². The highest BCUT2D eigenvalue weighted by Gasteiger charge is 2.45. The van der Waals surface area contributed by atoms with Crippen LogP contribution in [0.1, 0.15) is 38.8 Å². The zero-order valence-electron chi connectivity index (χ0n) is 24.7. The number of aromatic nitrogens is 3. The number of hydrogen-bond donors (Lipinski definition) is 0. The first-order valence-corrected chi connectivity index (χ1v) is 14.8. The summed E-state index contributed by atoms with van der Waals surface area (Å²) in [6.45, 7) is 9.41. The molecule has 0 atom stereocenters. The number of benzene rings is 5. The summed E-state index contributed by atoms with van der Waals surface area (Å²) in [5.74, 6) is 1.92. The molecule has 0 N–H and O–H groups in total.